The average Bonchev–Trinajstić information content (AvgIpc) is 2.90. The highest BCUT2D eigenvalue weighted by Gasteiger charge is 2.42. The Hall–Kier alpha value is -1.96. The van der Waals surface area contributed by atoms with E-state index in [1.54, 1.807) is 0 Å². The van der Waals surface area contributed by atoms with Gasteiger partial charge in [-0.25, -0.2) is 4.79 Å². The Morgan fingerprint density at radius 2 is 0.900 bits per heavy atom. The molecule has 0 fully saturated rings. The third-order valence-corrected chi connectivity index (χ3v) is 7.24. The van der Waals surface area contributed by atoms with Gasteiger partial charge in [0, 0.05) is 6.42 Å². The molecule has 0 saturated heterocycles. The monoisotopic (exact) mass is 570 g/mol. The molecule has 8 heteroatoms. The first-order valence-corrected chi connectivity index (χ1v) is 16.1. The maximum absolute atomic E-state index is 12.1. The van der Waals surface area contributed by atoms with Gasteiger partial charge < -0.3 is 19.7 Å². The average molecular weight is 571 g/mol. The van der Waals surface area contributed by atoms with E-state index in [2.05, 4.69) is 18.6 Å². The van der Waals surface area contributed by atoms with Crippen LogP contribution in [0.1, 0.15) is 168 Å². The Labute approximate surface area is 243 Å². The Bertz CT molecular complexity index is 678. The van der Waals surface area contributed by atoms with Crippen LogP contribution in [0.25, 0.3) is 0 Å². The number of carboxylic acids is 1. The molecule has 0 heterocycles. The van der Waals surface area contributed by atoms with E-state index in [1.165, 1.54) is 77.0 Å². The smallest absolute Gasteiger partial charge is 0.336 e. The Kier molecular flexibility index (Phi) is 24.7. The summed E-state index contributed by atoms with van der Waals surface area (Å²) in [6, 6.07) is 0. The summed E-state index contributed by atoms with van der Waals surface area (Å²) in [7, 11) is 0. The highest BCUT2D eigenvalue weighted by Crippen LogP contribution is 2.19. The molecule has 1 atom stereocenters. The molecular formula is C32H58O8. The number of ether oxygens (including phenoxy) is 2. The second-order valence-electron chi connectivity index (χ2n) is 11.2. The number of carboxylic acid groups (broad SMARTS) is 1. The van der Waals surface area contributed by atoms with Crippen LogP contribution in [0.2, 0.25) is 0 Å². The van der Waals surface area contributed by atoms with Crippen molar-refractivity contribution < 1.29 is 38.9 Å². The number of hydrogen-bond acceptors (Lipinski definition) is 7. The fourth-order valence-electron chi connectivity index (χ4n) is 4.67. The van der Waals surface area contributed by atoms with E-state index in [4.69, 9.17) is 4.74 Å². The lowest BCUT2D eigenvalue weighted by Crippen LogP contribution is -2.43. The number of rotatable bonds is 28. The quantitative estimate of drug-likeness (QED) is 0.0554. The minimum Gasteiger partial charge on any atom is -0.479 e. The first-order chi connectivity index (χ1) is 19.2. The van der Waals surface area contributed by atoms with Gasteiger partial charge in [0.25, 0.3) is 0 Å². The third-order valence-electron chi connectivity index (χ3n) is 7.24. The van der Waals surface area contributed by atoms with Crippen molar-refractivity contribution in [3.63, 3.8) is 0 Å². The van der Waals surface area contributed by atoms with Crippen molar-refractivity contribution in [1.82, 2.24) is 0 Å². The van der Waals surface area contributed by atoms with Gasteiger partial charge in [0.15, 0.2) is 5.60 Å². The summed E-state index contributed by atoms with van der Waals surface area (Å²) in [5.74, 6) is -4.58. The van der Waals surface area contributed by atoms with Crippen LogP contribution < -0.4 is 0 Å². The van der Waals surface area contributed by atoms with Crippen LogP contribution in [0.15, 0.2) is 0 Å². The largest absolute Gasteiger partial charge is 0.479 e. The van der Waals surface area contributed by atoms with Crippen molar-refractivity contribution >= 4 is 23.9 Å². The molecule has 0 spiro atoms. The summed E-state index contributed by atoms with van der Waals surface area (Å²) >= 11 is 0. The first kappa shape index (κ1) is 38.0. The molecule has 0 aliphatic heterocycles. The van der Waals surface area contributed by atoms with Crippen molar-refractivity contribution in [3.8, 4) is 0 Å². The molecule has 0 radical (unpaired) electrons. The van der Waals surface area contributed by atoms with Gasteiger partial charge in [-0.3, -0.25) is 14.4 Å². The third kappa shape index (κ3) is 22.8. The summed E-state index contributed by atoms with van der Waals surface area (Å²) in [6.45, 7) is 4.46. The van der Waals surface area contributed by atoms with Crippen LogP contribution in [0.5, 0.6) is 0 Å². The van der Waals surface area contributed by atoms with Crippen molar-refractivity contribution in [2.75, 3.05) is 6.61 Å². The predicted molar refractivity (Wildman–Crippen MR) is 157 cm³/mol. The van der Waals surface area contributed by atoms with Crippen LogP contribution in [0.4, 0.5) is 0 Å². The number of unbranched alkanes of at least 4 members (excludes halogenated alkanes) is 19. The second-order valence-corrected chi connectivity index (χ2v) is 11.2. The highest BCUT2D eigenvalue weighted by molar-refractivity contribution is 5.92. The van der Waals surface area contributed by atoms with Gasteiger partial charge in [-0.05, 0) is 12.8 Å². The molecule has 0 rings (SSSR count). The predicted octanol–water partition coefficient (Wildman–Crippen LogP) is 7.82. The molecule has 0 aromatic heterocycles. The molecule has 2 N–H and O–H groups in total. The van der Waals surface area contributed by atoms with E-state index in [0.29, 0.717) is 12.8 Å². The number of carbonyl (C=O) groups excluding carboxylic acids is 3. The summed E-state index contributed by atoms with van der Waals surface area (Å²) in [6.07, 6.45) is 22.4. The van der Waals surface area contributed by atoms with E-state index < -0.39 is 42.3 Å². The lowest BCUT2D eigenvalue weighted by atomic mass is 9.96. The van der Waals surface area contributed by atoms with Crippen molar-refractivity contribution in [1.29, 1.82) is 0 Å². The summed E-state index contributed by atoms with van der Waals surface area (Å²) < 4.78 is 9.70. The van der Waals surface area contributed by atoms with Crippen molar-refractivity contribution in [2.45, 2.75) is 174 Å². The molecule has 0 amide bonds. The van der Waals surface area contributed by atoms with Gasteiger partial charge in [-0.2, -0.15) is 0 Å². The van der Waals surface area contributed by atoms with Crippen LogP contribution >= 0.6 is 0 Å². The van der Waals surface area contributed by atoms with E-state index >= 15 is 0 Å². The Morgan fingerprint density at radius 1 is 0.525 bits per heavy atom. The van der Waals surface area contributed by atoms with Crippen molar-refractivity contribution in [2.24, 2.45) is 0 Å². The zero-order valence-corrected chi connectivity index (χ0v) is 25.5. The molecule has 0 saturated carbocycles. The normalized spacial score (nSPS) is 12.6. The Morgan fingerprint density at radius 3 is 1.32 bits per heavy atom. The van der Waals surface area contributed by atoms with E-state index in [-0.39, 0.29) is 13.0 Å². The van der Waals surface area contributed by atoms with Crippen LogP contribution in [0.3, 0.4) is 0 Å². The summed E-state index contributed by atoms with van der Waals surface area (Å²) in [5, 5.41) is 19.7. The Balaban J connectivity index is 3.87. The fourth-order valence-corrected chi connectivity index (χ4v) is 4.67. The van der Waals surface area contributed by atoms with Crippen LogP contribution in [-0.2, 0) is 28.7 Å². The summed E-state index contributed by atoms with van der Waals surface area (Å²) in [5.41, 5.74) is -2.68. The van der Waals surface area contributed by atoms with Gasteiger partial charge in [-0.1, -0.05) is 136 Å². The first-order valence-electron chi connectivity index (χ1n) is 16.1. The standard InChI is InChI=1S/C32H58O8/c1-3-5-7-9-10-11-12-13-14-15-16-17-18-19-21-23-25-39-29(34)26-32(38,31(36)37)27-30(35)40-28(33)24-22-20-8-6-4-2/h38H,3-27H2,1-2H3,(H,36,37). The van der Waals surface area contributed by atoms with Gasteiger partial charge in [0.05, 0.1) is 19.4 Å². The number of aliphatic carboxylic acids is 1. The van der Waals surface area contributed by atoms with Gasteiger partial charge >= 0.3 is 23.9 Å². The zero-order valence-electron chi connectivity index (χ0n) is 25.5. The number of carbonyl (C=O) groups is 4. The van der Waals surface area contributed by atoms with Gasteiger partial charge in [-0.15, -0.1) is 0 Å². The lowest BCUT2D eigenvalue weighted by molar-refractivity contribution is -0.175. The maximum Gasteiger partial charge on any atom is 0.336 e. The molecule has 0 aromatic carbocycles. The molecular weight excluding hydrogens is 512 g/mol. The molecule has 0 aliphatic rings. The second kappa shape index (κ2) is 26.0. The van der Waals surface area contributed by atoms with Gasteiger partial charge in [0.1, 0.15) is 0 Å². The molecule has 40 heavy (non-hydrogen) atoms. The lowest BCUT2D eigenvalue weighted by Gasteiger charge is -2.21. The molecule has 0 bridgehead atoms. The molecule has 8 nitrogen and oxygen atoms in total. The minimum atomic E-state index is -2.68. The number of esters is 3. The molecule has 0 aromatic rings. The topological polar surface area (TPSA) is 127 Å². The SMILES string of the molecule is CCCCCCCCCCCCCCCCCCOC(=O)CC(O)(CC(=O)OC(=O)CCCCCCC)C(=O)O. The van der Waals surface area contributed by atoms with E-state index in [9.17, 15) is 29.4 Å². The van der Waals surface area contributed by atoms with Crippen LogP contribution in [-0.4, -0.2) is 46.3 Å². The van der Waals surface area contributed by atoms with Crippen LogP contribution in [0, 0.1) is 0 Å². The van der Waals surface area contributed by atoms with E-state index in [0.717, 1.165) is 44.9 Å². The molecule has 1 unspecified atom stereocenters. The summed E-state index contributed by atoms with van der Waals surface area (Å²) in [4.78, 5) is 47.4. The molecule has 0 aliphatic carbocycles. The van der Waals surface area contributed by atoms with Gasteiger partial charge in [0.2, 0.25) is 0 Å². The maximum atomic E-state index is 12.1. The van der Waals surface area contributed by atoms with E-state index in [1.807, 2.05) is 0 Å². The van der Waals surface area contributed by atoms with Crippen molar-refractivity contribution in [3.05, 3.63) is 0 Å². The highest BCUT2D eigenvalue weighted by atomic mass is 16.6. The molecule has 234 valence electrons. The number of aliphatic hydroxyl groups is 1. The fraction of sp³-hybridized carbons (Fsp3) is 0.875. The zero-order chi connectivity index (χ0) is 29.9. The minimum absolute atomic E-state index is 0.0440. The number of hydrogen-bond donors (Lipinski definition) is 2.